The molecule has 9 heteroatoms. The number of likely N-dealkylation sites (tertiary alicyclic amines) is 1. The Kier molecular flexibility index (Phi) is 7.07. The molecule has 3 atom stereocenters. The third-order valence-electron chi connectivity index (χ3n) is 8.76. The average Bonchev–Trinajstić information content (AvgIpc) is 3.38. The van der Waals surface area contributed by atoms with Crippen LogP contribution in [0.2, 0.25) is 0 Å². The number of nitrogens with one attached hydrogen (secondary N) is 1. The number of hydrogen-bond donors (Lipinski definition) is 2. The van der Waals surface area contributed by atoms with Crippen LogP contribution in [0.25, 0.3) is 0 Å². The molecule has 3 amide bonds. The fraction of sp³-hybridized carbons (Fsp3) is 0.536. The highest BCUT2D eigenvalue weighted by atomic mass is 19.1. The highest BCUT2D eigenvalue weighted by Gasteiger charge is 2.46. The molecule has 0 saturated carbocycles. The number of hydrogen-bond acceptors (Lipinski definition) is 6. The van der Waals surface area contributed by atoms with Gasteiger partial charge in [-0.25, -0.2) is 4.39 Å². The normalized spacial score (nSPS) is 29.2. The van der Waals surface area contributed by atoms with E-state index in [2.05, 4.69) is 15.1 Å². The van der Waals surface area contributed by atoms with Crippen LogP contribution in [-0.4, -0.2) is 62.0 Å². The molecule has 37 heavy (non-hydrogen) atoms. The second kappa shape index (κ2) is 10.3. The Balaban J connectivity index is 1.20. The molecule has 4 aliphatic rings. The molecule has 0 spiro atoms. The fourth-order valence-corrected chi connectivity index (χ4v) is 6.57. The topological polar surface area (TPSA) is 105 Å². The van der Waals surface area contributed by atoms with Crippen molar-refractivity contribution in [3.8, 4) is 0 Å². The van der Waals surface area contributed by atoms with Gasteiger partial charge in [-0.3, -0.25) is 24.6 Å². The Hall–Kier alpha value is -3.20. The number of nitrogens with two attached hydrogens (primary N) is 1. The van der Waals surface area contributed by atoms with E-state index in [1.165, 1.54) is 6.07 Å². The summed E-state index contributed by atoms with van der Waals surface area (Å²) in [7, 11) is 1.62. The standard InChI is InChI=1S/C28H35FN4O4/c1-37-21-3-2-11-28(16-21,27(30)36)19-8-12-32(13-9-19)20-10-14-33(17-20)24-6-4-18(15-23(24)29)22-5-7-25(34)31-26(22)35/h2-4,6,11,15,19-20,22H,5,7-10,12-14,16-17H2,1H3,(H2,30,36)(H,31,34,35). The first-order valence-corrected chi connectivity index (χ1v) is 13.1. The van der Waals surface area contributed by atoms with Crippen molar-refractivity contribution in [3.05, 3.63) is 53.6 Å². The highest BCUT2D eigenvalue weighted by Crippen LogP contribution is 2.44. The van der Waals surface area contributed by atoms with Gasteiger partial charge in [-0.15, -0.1) is 0 Å². The monoisotopic (exact) mass is 510 g/mol. The number of halogens is 1. The Morgan fingerprint density at radius 2 is 1.95 bits per heavy atom. The lowest BCUT2D eigenvalue weighted by Crippen LogP contribution is -2.50. The first kappa shape index (κ1) is 25.4. The van der Waals surface area contributed by atoms with E-state index in [1.54, 1.807) is 19.2 Å². The molecule has 3 heterocycles. The molecular weight excluding hydrogens is 475 g/mol. The van der Waals surface area contributed by atoms with E-state index in [1.807, 2.05) is 18.2 Å². The van der Waals surface area contributed by atoms with E-state index in [0.29, 0.717) is 30.1 Å². The maximum Gasteiger partial charge on any atom is 0.234 e. The van der Waals surface area contributed by atoms with Crippen LogP contribution in [-0.2, 0) is 19.1 Å². The maximum absolute atomic E-state index is 15.1. The zero-order chi connectivity index (χ0) is 26.2. The molecule has 3 saturated heterocycles. The van der Waals surface area contributed by atoms with Crippen LogP contribution >= 0.6 is 0 Å². The van der Waals surface area contributed by atoms with Gasteiger partial charge in [-0.2, -0.15) is 0 Å². The summed E-state index contributed by atoms with van der Waals surface area (Å²) in [5, 5.41) is 2.34. The summed E-state index contributed by atoms with van der Waals surface area (Å²) in [5.41, 5.74) is 6.36. The second-order valence-electron chi connectivity index (χ2n) is 10.7. The zero-order valence-electron chi connectivity index (χ0n) is 21.2. The number of benzene rings is 1. The van der Waals surface area contributed by atoms with Crippen LogP contribution in [0, 0.1) is 17.2 Å². The quantitative estimate of drug-likeness (QED) is 0.570. The summed E-state index contributed by atoms with van der Waals surface area (Å²) in [6.07, 6.45) is 9.59. The van der Waals surface area contributed by atoms with Crippen molar-refractivity contribution in [2.45, 2.75) is 50.5 Å². The molecule has 198 valence electrons. The van der Waals surface area contributed by atoms with Crippen LogP contribution in [0.3, 0.4) is 0 Å². The van der Waals surface area contributed by atoms with Crippen molar-refractivity contribution < 1.29 is 23.5 Å². The van der Waals surface area contributed by atoms with Crippen LogP contribution in [0.4, 0.5) is 10.1 Å². The molecule has 1 aromatic carbocycles. The molecular formula is C28H35FN4O4. The Bertz CT molecular complexity index is 1140. The second-order valence-corrected chi connectivity index (χ2v) is 10.7. The fourth-order valence-electron chi connectivity index (χ4n) is 6.57. The SMILES string of the molecule is COC1=CC=CC(C(N)=O)(C2CCN(C3CCN(c4ccc(C5CCC(=O)NC5=O)cc4F)C3)CC2)C1. The number of amides is 3. The number of nitrogens with zero attached hydrogens (tertiary/aromatic N) is 2. The minimum atomic E-state index is -0.707. The van der Waals surface area contributed by atoms with E-state index < -0.39 is 11.3 Å². The minimum Gasteiger partial charge on any atom is -0.501 e. The van der Waals surface area contributed by atoms with Crippen LogP contribution in [0.5, 0.6) is 0 Å². The third kappa shape index (κ3) is 4.89. The number of imide groups is 1. The van der Waals surface area contributed by atoms with Crippen molar-refractivity contribution in [1.82, 2.24) is 10.2 Å². The first-order chi connectivity index (χ1) is 17.8. The molecule has 0 bridgehead atoms. The predicted octanol–water partition coefficient (Wildman–Crippen LogP) is 2.60. The molecule has 1 aromatic rings. The molecule has 3 N–H and O–H groups in total. The number of anilines is 1. The van der Waals surface area contributed by atoms with Crippen molar-refractivity contribution >= 4 is 23.4 Å². The van der Waals surface area contributed by atoms with Gasteiger partial charge in [0.2, 0.25) is 17.7 Å². The molecule has 5 rings (SSSR count). The smallest absolute Gasteiger partial charge is 0.234 e. The summed E-state index contributed by atoms with van der Waals surface area (Å²) >= 11 is 0. The Morgan fingerprint density at radius 1 is 1.16 bits per heavy atom. The van der Waals surface area contributed by atoms with Crippen LogP contribution < -0.4 is 16.0 Å². The first-order valence-electron chi connectivity index (χ1n) is 13.1. The van der Waals surface area contributed by atoms with Gasteiger partial charge < -0.3 is 15.4 Å². The number of methoxy groups -OCH3 is 1. The largest absolute Gasteiger partial charge is 0.501 e. The highest BCUT2D eigenvalue weighted by molar-refractivity contribution is 6.01. The maximum atomic E-state index is 15.1. The number of piperidine rings is 2. The number of carbonyl (C=O) groups excluding carboxylic acids is 3. The third-order valence-corrected chi connectivity index (χ3v) is 8.76. The van der Waals surface area contributed by atoms with Crippen molar-refractivity contribution in [2.24, 2.45) is 17.1 Å². The molecule has 1 aliphatic carbocycles. The van der Waals surface area contributed by atoms with Gasteiger partial charge in [-0.1, -0.05) is 18.2 Å². The van der Waals surface area contributed by atoms with Gasteiger partial charge in [0, 0.05) is 32.0 Å². The van der Waals surface area contributed by atoms with Gasteiger partial charge >= 0.3 is 0 Å². The summed E-state index contributed by atoms with van der Waals surface area (Å²) < 4.78 is 20.6. The van der Waals surface area contributed by atoms with E-state index in [4.69, 9.17) is 10.5 Å². The summed E-state index contributed by atoms with van der Waals surface area (Å²) in [4.78, 5) is 40.7. The van der Waals surface area contributed by atoms with E-state index in [-0.39, 0.29) is 35.9 Å². The molecule has 3 fully saturated rings. The molecule has 3 unspecified atom stereocenters. The van der Waals surface area contributed by atoms with Crippen molar-refractivity contribution in [2.75, 3.05) is 38.2 Å². The lowest BCUT2D eigenvalue weighted by atomic mass is 9.66. The summed E-state index contributed by atoms with van der Waals surface area (Å²) in [6.45, 7) is 3.23. The lowest BCUT2D eigenvalue weighted by molar-refractivity contribution is -0.134. The van der Waals surface area contributed by atoms with E-state index in [9.17, 15) is 14.4 Å². The number of ether oxygens (including phenoxy) is 1. The van der Waals surface area contributed by atoms with Crippen LogP contribution in [0.1, 0.15) is 50.0 Å². The van der Waals surface area contributed by atoms with Gasteiger partial charge in [0.1, 0.15) is 5.82 Å². The molecule has 0 aromatic heterocycles. The Morgan fingerprint density at radius 3 is 2.62 bits per heavy atom. The molecule has 8 nitrogen and oxygen atoms in total. The molecule has 0 radical (unpaired) electrons. The van der Waals surface area contributed by atoms with Gasteiger partial charge in [0.25, 0.3) is 0 Å². The van der Waals surface area contributed by atoms with Crippen molar-refractivity contribution in [3.63, 3.8) is 0 Å². The lowest BCUT2D eigenvalue weighted by Gasteiger charge is -2.43. The number of carbonyl (C=O) groups is 3. The van der Waals surface area contributed by atoms with Gasteiger partial charge in [-0.05, 0) is 68.5 Å². The summed E-state index contributed by atoms with van der Waals surface area (Å²) in [6, 6.07) is 5.32. The minimum absolute atomic E-state index is 0.158. The number of primary amides is 1. The zero-order valence-corrected chi connectivity index (χ0v) is 21.2. The van der Waals surface area contributed by atoms with Gasteiger partial charge in [0.15, 0.2) is 0 Å². The van der Waals surface area contributed by atoms with E-state index >= 15 is 4.39 Å². The summed E-state index contributed by atoms with van der Waals surface area (Å²) in [5.74, 6) is -0.825. The number of allylic oxidation sites excluding steroid dienone is 3. The predicted molar refractivity (Wildman–Crippen MR) is 137 cm³/mol. The molecule has 3 aliphatic heterocycles. The van der Waals surface area contributed by atoms with Gasteiger partial charge in [0.05, 0.1) is 29.9 Å². The van der Waals surface area contributed by atoms with E-state index in [0.717, 1.165) is 51.2 Å². The van der Waals surface area contributed by atoms with Crippen molar-refractivity contribution in [1.29, 1.82) is 0 Å². The average molecular weight is 511 g/mol. The number of rotatable bonds is 6. The Labute approximate surface area is 216 Å². The van der Waals surface area contributed by atoms with Crippen LogP contribution in [0.15, 0.2) is 42.2 Å².